The van der Waals surface area contributed by atoms with E-state index in [2.05, 4.69) is 5.32 Å². The lowest BCUT2D eigenvalue weighted by Gasteiger charge is -2.07. The summed E-state index contributed by atoms with van der Waals surface area (Å²) in [6.45, 7) is 2.37. The van der Waals surface area contributed by atoms with E-state index >= 15 is 0 Å². The lowest BCUT2D eigenvalue weighted by atomic mass is 10.1. The molecule has 0 aliphatic rings. The summed E-state index contributed by atoms with van der Waals surface area (Å²) >= 11 is 11.7. The van der Waals surface area contributed by atoms with E-state index in [0.717, 1.165) is 16.7 Å². The van der Waals surface area contributed by atoms with Gasteiger partial charge in [0.15, 0.2) is 0 Å². The van der Waals surface area contributed by atoms with E-state index in [1.165, 1.54) is 0 Å². The predicted molar refractivity (Wildman–Crippen MR) is 83.4 cm³/mol. The summed E-state index contributed by atoms with van der Waals surface area (Å²) in [5.74, 6) is 0.391. The smallest absolute Gasteiger partial charge is 0.251 e. The molecule has 0 aliphatic carbocycles. The number of amides is 1. The van der Waals surface area contributed by atoms with Crippen molar-refractivity contribution in [1.82, 2.24) is 5.32 Å². The molecule has 0 bridgehead atoms. The van der Waals surface area contributed by atoms with Crippen LogP contribution in [0, 0.1) is 6.92 Å². The van der Waals surface area contributed by atoms with Gasteiger partial charge >= 0.3 is 0 Å². The normalized spacial score (nSPS) is 10.3. The van der Waals surface area contributed by atoms with E-state index in [9.17, 15) is 4.79 Å². The highest BCUT2D eigenvalue weighted by atomic mass is 35.5. The van der Waals surface area contributed by atoms with Crippen molar-refractivity contribution in [3.05, 3.63) is 69.7 Å². The number of carbonyl (C=O) groups excluding carboxylic acids is 1. The van der Waals surface area contributed by atoms with E-state index in [1.807, 2.05) is 31.2 Å². The number of aryl methyl sites for hydroxylation is 1. The van der Waals surface area contributed by atoms with Crippen molar-refractivity contribution >= 4 is 29.1 Å². The van der Waals surface area contributed by atoms with Crippen LogP contribution in [-0.4, -0.2) is 5.91 Å². The third-order valence-electron chi connectivity index (χ3n) is 3.05. The second-order valence-electron chi connectivity index (χ2n) is 4.60. The van der Waals surface area contributed by atoms with Crippen molar-refractivity contribution in [1.29, 1.82) is 0 Å². The van der Waals surface area contributed by atoms with Gasteiger partial charge in [-0.25, -0.2) is 0 Å². The first kappa shape index (κ1) is 14.9. The molecule has 0 fully saturated rings. The van der Waals surface area contributed by atoms with Crippen molar-refractivity contribution in [3.8, 4) is 0 Å². The van der Waals surface area contributed by atoms with Crippen LogP contribution in [0.5, 0.6) is 0 Å². The minimum Gasteiger partial charge on any atom is -0.348 e. The number of benzene rings is 2. The molecule has 1 amide bonds. The average molecular weight is 308 g/mol. The third kappa shape index (κ3) is 3.75. The lowest BCUT2D eigenvalue weighted by Crippen LogP contribution is -2.22. The van der Waals surface area contributed by atoms with Gasteiger partial charge in [0, 0.05) is 23.0 Å². The first-order valence-corrected chi connectivity index (χ1v) is 7.19. The van der Waals surface area contributed by atoms with Gasteiger partial charge in [-0.15, -0.1) is 11.6 Å². The lowest BCUT2D eigenvalue weighted by molar-refractivity contribution is 0.0951. The zero-order chi connectivity index (χ0) is 14.5. The molecule has 2 rings (SSSR count). The second-order valence-corrected chi connectivity index (χ2v) is 5.27. The highest BCUT2D eigenvalue weighted by molar-refractivity contribution is 6.31. The van der Waals surface area contributed by atoms with Gasteiger partial charge in [0.1, 0.15) is 0 Å². The summed E-state index contributed by atoms with van der Waals surface area (Å²) in [4.78, 5) is 12.0. The van der Waals surface area contributed by atoms with Gasteiger partial charge in [-0.1, -0.05) is 35.9 Å². The SMILES string of the molecule is Cc1cc(C(=O)NCc2ccc(CCl)cc2)ccc1Cl. The molecule has 2 aromatic carbocycles. The van der Waals surface area contributed by atoms with Gasteiger partial charge in [-0.2, -0.15) is 0 Å². The molecule has 0 saturated heterocycles. The van der Waals surface area contributed by atoms with Crippen molar-refractivity contribution in [2.24, 2.45) is 0 Å². The number of rotatable bonds is 4. The molecule has 0 unspecified atom stereocenters. The number of carbonyl (C=O) groups is 1. The fourth-order valence-electron chi connectivity index (χ4n) is 1.82. The molecule has 0 saturated carbocycles. The van der Waals surface area contributed by atoms with Crippen LogP contribution >= 0.6 is 23.2 Å². The summed E-state index contributed by atoms with van der Waals surface area (Å²) in [6, 6.07) is 13.1. The molecule has 20 heavy (non-hydrogen) atoms. The Morgan fingerprint density at radius 2 is 1.75 bits per heavy atom. The largest absolute Gasteiger partial charge is 0.348 e. The first-order valence-electron chi connectivity index (χ1n) is 6.28. The molecular weight excluding hydrogens is 293 g/mol. The maximum absolute atomic E-state index is 12.0. The number of hydrogen-bond donors (Lipinski definition) is 1. The summed E-state index contributed by atoms with van der Waals surface area (Å²) < 4.78 is 0. The first-order chi connectivity index (χ1) is 9.60. The molecule has 1 N–H and O–H groups in total. The summed E-state index contributed by atoms with van der Waals surface area (Å²) in [5, 5.41) is 3.55. The molecule has 104 valence electrons. The third-order valence-corrected chi connectivity index (χ3v) is 3.78. The fraction of sp³-hybridized carbons (Fsp3) is 0.188. The molecule has 2 aromatic rings. The topological polar surface area (TPSA) is 29.1 Å². The minimum absolute atomic E-state index is 0.105. The average Bonchev–Trinajstić information content (AvgIpc) is 2.48. The van der Waals surface area contributed by atoms with E-state index < -0.39 is 0 Å². The Balaban J connectivity index is 1.98. The summed E-state index contributed by atoms with van der Waals surface area (Å²) in [6.07, 6.45) is 0. The molecule has 0 radical (unpaired) electrons. The Morgan fingerprint density at radius 3 is 2.35 bits per heavy atom. The standard InChI is InChI=1S/C16H15Cl2NO/c1-11-8-14(6-7-15(11)18)16(20)19-10-13-4-2-12(9-17)3-5-13/h2-8H,9-10H2,1H3,(H,19,20). The van der Waals surface area contributed by atoms with Crippen LogP contribution in [-0.2, 0) is 12.4 Å². The van der Waals surface area contributed by atoms with E-state index in [0.29, 0.717) is 23.0 Å². The van der Waals surface area contributed by atoms with Crippen LogP contribution in [0.1, 0.15) is 27.0 Å². The molecular formula is C16H15Cl2NO. The van der Waals surface area contributed by atoms with E-state index in [-0.39, 0.29) is 5.91 Å². The molecule has 2 nitrogen and oxygen atoms in total. The monoisotopic (exact) mass is 307 g/mol. The van der Waals surface area contributed by atoms with Crippen molar-refractivity contribution < 1.29 is 4.79 Å². The van der Waals surface area contributed by atoms with Crippen LogP contribution in [0.2, 0.25) is 5.02 Å². The van der Waals surface area contributed by atoms with Crippen LogP contribution in [0.15, 0.2) is 42.5 Å². The van der Waals surface area contributed by atoms with Crippen LogP contribution in [0.25, 0.3) is 0 Å². The Morgan fingerprint density at radius 1 is 1.10 bits per heavy atom. The highest BCUT2D eigenvalue weighted by Gasteiger charge is 2.06. The molecule has 0 aliphatic heterocycles. The van der Waals surface area contributed by atoms with Gasteiger partial charge in [-0.3, -0.25) is 4.79 Å². The zero-order valence-electron chi connectivity index (χ0n) is 11.1. The van der Waals surface area contributed by atoms with Crippen molar-refractivity contribution in [3.63, 3.8) is 0 Å². The summed E-state index contributed by atoms with van der Waals surface area (Å²) in [5.41, 5.74) is 3.61. The van der Waals surface area contributed by atoms with E-state index in [1.54, 1.807) is 18.2 Å². The second kappa shape index (κ2) is 6.78. The van der Waals surface area contributed by atoms with Gasteiger partial charge in [0.2, 0.25) is 0 Å². The maximum atomic E-state index is 12.0. The van der Waals surface area contributed by atoms with Crippen LogP contribution in [0.4, 0.5) is 0 Å². The number of nitrogens with one attached hydrogen (secondary N) is 1. The van der Waals surface area contributed by atoms with Crippen LogP contribution in [0.3, 0.4) is 0 Å². The molecule has 0 spiro atoms. The minimum atomic E-state index is -0.105. The Labute approximate surface area is 128 Å². The van der Waals surface area contributed by atoms with Crippen LogP contribution < -0.4 is 5.32 Å². The molecule has 0 aromatic heterocycles. The van der Waals surface area contributed by atoms with Gasteiger partial charge in [-0.05, 0) is 41.8 Å². The number of halogens is 2. The van der Waals surface area contributed by atoms with Gasteiger partial charge in [0.05, 0.1) is 0 Å². The van der Waals surface area contributed by atoms with Crippen molar-refractivity contribution in [2.75, 3.05) is 0 Å². The Hall–Kier alpha value is -1.51. The number of hydrogen-bond acceptors (Lipinski definition) is 1. The van der Waals surface area contributed by atoms with Crippen molar-refractivity contribution in [2.45, 2.75) is 19.3 Å². The quantitative estimate of drug-likeness (QED) is 0.838. The molecule has 4 heteroatoms. The maximum Gasteiger partial charge on any atom is 0.251 e. The Kier molecular flexibility index (Phi) is 5.05. The summed E-state index contributed by atoms with van der Waals surface area (Å²) in [7, 11) is 0. The van der Waals surface area contributed by atoms with Gasteiger partial charge in [0.25, 0.3) is 5.91 Å². The molecule has 0 atom stereocenters. The Bertz CT molecular complexity index is 608. The zero-order valence-corrected chi connectivity index (χ0v) is 12.6. The van der Waals surface area contributed by atoms with Gasteiger partial charge < -0.3 is 5.32 Å². The molecule has 0 heterocycles. The fourth-order valence-corrected chi connectivity index (χ4v) is 2.11. The predicted octanol–water partition coefficient (Wildman–Crippen LogP) is 4.32. The highest BCUT2D eigenvalue weighted by Crippen LogP contribution is 2.16. The van der Waals surface area contributed by atoms with E-state index in [4.69, 9.17) is 23.2 Å². The number of alkyl halides is 1.